The van der Waals surface area contributed by atoms with Crippen molar-refractivity contribution in [2.45, 2.75) is 0 Å². The molecule has 3 heterocycles. The molecule has 0 atom stereocenters. The van der Waals surface area contributed by atoms with Gasteiger partial charge in [0.25, 0.3) is 0 Å². The zero-order valence-corrected chi connectivity index (χ0v) is 79.7. The molecule has 664 valence electrons. The monoisotopic (exact) mass is 1860 g/mol. The normalized spacial score (nSPS) is 11.7. The van der Waals surface area contributed by atoms with Crippen LogP contribution in [0.4, 0.5) is 51.2 Å². The maximum absolute atomic E-state index is 2.51. The smallest absolute Gasteiger partial charge is 0.0640 e. The molecule has 0 aliphatic carbocycles. The Bertz CT molecular complexity index is 10000. The maximum Gasteiger partial charge on any atom is 0.0640 e. The van der Waals surface area contributed by atoms with Gasteiger partial charge in [-0.3, -0.25) is 0 Å². The summed E-state index contributed by atoms with van der Waals surface area (Å²) in [5.74, 6) is 0. The van der Waals surface area contributed by atoms with E-state index in [4.69, 9.17) is 0 Å². The first-order chi connectivity index (χ1) is 70.4. The topological polar surface area (TPSA) is 9.72 Å². The third-order valence-corrected chi connectivity index (χ3v) is 32.4. The van der Waals surface area contributed by atoms with Gasteiger partial charge in [-0.25, -0.2) is 0 Å². The van der Waals surface area contributed by atoms with Gasteiger partial charge in [0.2, 0.25) is 0 Å². The SMILES string of the molecule is c1ccc(-c2ccc(N(c3ccc(-c4cc5ccccc5c5ccccc45)cc3)c3cccc4sc5c6ccccc6ccc5c34)cc2)cc1.c1ccc(-c2ccc(N(c3ccc(-c4ccc5c(ccc6ccccc65)c4)cc3)c3cccc4sc5c6ccccc6ccc5c34)cc2)cc1.c1ccc2c(N(c3cc4ccccc4c4ccccc34)c3cccc4c3sc3c5ccccc5ccc43)cccc2c1. The Morgan fingerprint density at radius 2 is 0.423 bits per heavy atom. The summed E-state index contributed by atoms with van der Waals surface area (Å²) in [5, 5.41) is 33.3. The van der Waals surface area contributed by atoms with E-state index in [1.165, 1.54) is 241 Å². The van der Waals surface area contributed by atoms with Crippen molar-refractivity contribution < 1.29 is 0 Å². The van der Waals surface area contributed by atoms with Gasteiger partial charge in [0.1, 0.15) is 0 Å². The average molecular weight is 1860 g/mol. The molecule has 6 heteroatoms. The first-order valence-electron chi connectivity index (χ1n) is 48.6. The van der Waals surface area contributed by atoms with E-state index in [1.54, 1.807) is 0 Å². The van der Waals surface area contributed by atoms with Crippen LogP contribution < -0.4 is 14.7 Å². The third kappa shape index (κ3) is 14.7. The molecule has 142 heavy (non-hydrogen) atoms. The second-order valence-electron chi connectivity index (χ2n) is 36.8. The van der Waals surface area contributed by atoms with Crippen molar-refractivity contribution in [3.05, 3.63) is 528 Å². The Kier molecular flexibility index (Phi) is 20.9. The van der Waals surface area contributed by atoms with Crippen LogP contribution in [0, 0.1) is 0 Å². The molecule has 0 amide bonds. The summed E-state index contributed by atoms with van der Waals surface area (Å²) in [6.07, 6.45) is 0. The molecule has 0 fully saturated rings. The van der Waals surface area contributed by atoms with E-state index in [9.17, 15) is 0 Å². The van der Waals surface area contributed by atoms with Gasteiger partial charge in [-0.2, -0.15) is 0 Å². The van der Waals surface area contributed by atoms with Crippen LogP contribution in [-0.2, 0) is 0 Å². The van der Waals surface area contributed by atoms with Gasteiger partial charge in [0.05, 0.1) is 33.1 Å². The molecule has 29 rings (SSSR count). The molecule has 3 aromatic heterocycles. The third-order valence-electron chi connectivity index (χ3n) is 28.7. The Hall–Kier alpha value is -17.6. The molecule has 0 saturated heterocycles. The standard InChI is InChI=1S/2C48H31NS.C40H25NS/c1-2-11-32(12-3-1)33-21-26-37(27-22-33)49(45-19-10-20-46-47(45)43-30-25-34-13-4-7-16-40(34)48(43)50-46)38-28-23-35(24-29-38)44-31-36-14-5-6-15-39(36)41-17-8-9-18-42(41)44;1-2-9-32(10-3-1)33-19-25-39(26-20-33)49(45-15-8-16-46-47(45)44-30-23-36-12-5-7-14-43(36)48(44)50-46)40-27-21-34(22-28-40)37-24-29-42-38(31-37)18-17-35-11-4-6-13-41(35)42;1-5-16-30-26(11-1)14-9-21-36(30)41(38-25-28-13-3-4-15-29(28)32-18-7-8-19-33(32)38)37-22-10-20-34-35-24-23-27-12-2-6-17-31(27)39(35)42-40(34)37/h2*1-31H;1-25H. The minimum atomic E-state index is 1.12. The van der Waals surface area contributed by atoms with Crippen molar-refractivity contribution in [3.8, 4) is 44.5 Å². The van der Waals surface area contributed by atoms with Crippen molar-refractivity contribution in [1.82, 2.24) is 0 Å². The van der Waals surface area contributed by atoms with Crippen LogP contribution in [0.2, 0.25) is 0 Å². The second kappa shape index (κ2) is 35.4. The summed E-state index contributed by atoms with van der Waals surface area (Å²) in [7, 11) is 0. The van der Waals surface area contributed by atoms with Gasteiger partial charge in [-0.15, -0.1) is 34.0 Å². The van der Waals surface area contributed by atoms with Crippen LogP contribution >= 0.6 is 34.0 Å². The van der Waals surface area contributed by atoms with Crippen molar-refractivity contribution in [2.24, 2.45) is 0 Å². The van der Waals surface area contributed by atoms with Gasteiger partial charge in [-0.05, 0) is 245 Å². The number of anilines is 9. The van der Waals surface area contributed by atoms with E-state index in [2.05, 4.69) is 542 Å². The Morgan fingerprint density at radius 3 is 0.937 bits per heavy atom. The van der Waals surface area contributed by atoms with Crippen LogP contribution in [0.1, 0.15) is 0 Å². The van der Waals surface area contributed by atoms with Crippen molar-refractivity contribution >= 4 is 253 Å². The summed E-state index contributed by atoms with van der Waals surface area (Å²) in [6, 6.07) is 193. The summed E-state index contributed by atoms with van der Waals surface area (Å²) in [5.41, 5.74) is 20.2. The highest BCUT2D eigenvalue weighted by Gasteiger charge is 2.27. The predicted octanol–water partition coefficient (Wildman–Crippen LogP) is 40.8. The first kappa shape index (κ1) is 83.7. The fourth-order valence-corrected chi connectivity index (χ4v) is 25.8. The summed E-state index contributed by atoms with van der Waals surface area (Å²) >= 11 is 5.68. The molecule has 0 saturated carbocycles. The van der Waals surface area contributed by atoms with Gasteiger partial charge in [0.15, 0.2) is 0 Å². The predicted molar refractivity (Wildman–Crippen MR) is 619 cm³/mol. The molecular weight excluding hydrogens is 1770 g/mol. The molecular formula is C136H87N3S3. The first-order valence-corrected chi connectivity index (χ1v) is 51.0. The van der Waals surface area contributed by atoms with E-state index in [0.29, 0.717) is 0 Å². The fourth-order valence-electron chi connectivity index (χ4n) is 21.9. The van der Waals surface area contributed by atoms with E-state index >= 15 is 0 Å². The highest BCUT2D eigenvalue weighted by atomic mass is 32.1. The zero-order valence-electron chi connectivity index (χ0n) is 77.3. The Morgan fingerprint density at radius 1 is 0.127 bits per heavy atom. The highest BCUT2D eigenvalue weighted by Crippen LogP contribution is 2.54. The molecule has 26 aromatic carbocycles. The molecule has 0 N–H and O–H groups in total. The number of rotatable bonds is 13. The summed E-state index contributed by atoms with van der Waals surface area (Å²) < 4.78 is 7.90. The van der Waals surface area contributed by atoms with Gasteiger partial charge in [-0.1, -0.05) is 425 Å². The number of thiophene rings is 3. The van der Waals surface area contributed by atoms with Gasteiger partial charge >= 0.3 is 0 Å². The van der Waals surface area contributed by atoms with Crippen LogP contribution in [0.25, 0.3) is 213 Å². The van der Waals surface area contributed by atoms with E-state index in [0.717, 1.165) is 22.7 Å². The van der Waals surface area contributed by atoms with E-state index in [-0.39, 0.29) is 0 Å². The maximum atomic E-state index is 2.51. The Balaban J connectivity index is 0.000000107. The molecule has 0 bridgehead atoms. The lowest BCUT2D eigenvalue weighted by molar-refractivity contribution is 1.30. The number of benzene rings is 26. The number of hydrogen-bond donors (Lipinski definition) is 0. The van der Waals surface area contributed by atoms with Crippen molar-refractivity contribution in [3.63, 3.8) is 0 Å². The number of hydrogen-bond acceptors (Lipinski definition) is 6. The molecule has 0 spiro atoms. The minimum Gasteiger partial charge on any atom is -0.310 e. The fraction of sp³-hybridized carbons (Fsp3) is 0. The van der Waals surface area contributed by atoms with Crippen molar-refractivity contribution in [1.29, 1.82) is 0 Å². The van der Waals surface area contributed by atoms with Gasteiger partial charge in [0, 0.05) is 89.3 Å². The zero-order chi connectivity index (χ0) is 93.7. The minimum absolute atomic E-state index is 1.12. The largest absolute Gasteiger partial charge is 0.310 e. The summed E-state index contributed by atoms with van der Waals surface area (Å²) in [4.78, 5) is 7.37. The number of fused-ring (bicyclic) bond motifs is 25. The molecule has 0 aliphatic rings. The molecule has 0 radical (unpaired) electrons. The average Bonchev–Trinajstić information content (AvgIpc) is 1.42. The van der Waals surface area contributed by atoms with Crippen LogP contribution in [0.15, 0.2) is 528 Å². The lowest BCUT2D eigenvalue weighted by Gasteiger charge is -2.29. The molecule has 0 aliphatic heterocycles. The summed E-state index contributed by atoms with van der Waals surface area (Å²) in [6.45, 7) is 0. The van der Waals surface area contributed by atoms with E-state index < -0.39 is 0 Å². The lowest BCUT2D eigenvalue weighted by Crippen LogP contribution is -2.11. The molecule has 3 nitrogen and oxygen atoms in total. The molecule has 29 aromatic rings. The van der Waals surface area contributed by atoms with Crippen LogP contribution in [-0.4, -0.2) is 0 Å². The van der Waals surface area contributed by atoms with Crippen LogP contribution in [0.5, 0.6) is 0 Å². The number of nitrogens with zero attached hydrogens (tertiary/aromatic N) is 3. The lowest BCUT2D eigenvalue weighted by atomic mass is 9.93. The quantitative estimate of drug-likeness (QED) is 0.107. The van der Waals surface area contributed by atoms with Crippen LogP contribution in [0.3, 0.4) is 0 Å². The Labute approximate surface area is 833 Å². The van der Waals surface area contributed by atoms with E-state index in [1.807, 2.05) is 34.0 Å². The highest BCUT2D eigenvalue weighted by molar-refractivity contribution is 7.28. The second-order valence-corrected chi connectivity index (χ2v) is 39.9. The van der Waals surface area contributed by atoms with Crippen molar-refractivity contribution in [2.75, 3.05) is 14.7 Å². The van der Waals surface area contributed by atoms with Gasteiger partial charge < -0.3 is 14.7 Å². The molecule has 0 unspecified atom stereocenters.